The highest BCUT2D eigenvalue weighted by Gasteiger charge is 2.29. The number of fused-ring (bicyclic) bond motifs is 1. The van der Waals surface area contributed by atoms with Gasteiger partial charge in [0.2, 0.25) is 0 Å². The molecule has 5 rings (SSSR count). The van der Waals surface area contributed by atoms with Crippen LogP contribution in [0.1, 0.15) is 27.2 Å². The summed E-state index contributed by atoms with van der Waals surface area (Å²) in [5.74, 6) is -0.652. The van der Waals surface area contributed by atoms with Crippen LogP contribution < -0.4 is 10.6 Å². The number of hydrogen-bond donors (Lipinski definition) is 3. The zero-order chi connectivity index (χ0) is 26.2. The molecule has 8 nitrogen and oxygen atoms in total. The molecule has 1 saturated heterocycles. The van der Waals surface area contributed by atoms with E-state index in [1.54, 1.807) is 55.6 Å². The van der Waals surface area contributed by atoms with Gasteiger partial charge < -0.3 is 15.6 Å². The Bertz CT molecular complexity index is 1510. The number of sulfone groups is 1. The molecule has 2 aliphatic rings. The molecule has 0 radical (unpaired) electrons. The van der Waals surface area contributed by atoms with E-state index in [-0.39, 0.29) is 29.1 Å². The van der Waals surface area contributed by atoms with Crippen molar-refractivity contribution in [2.75, 3.05) is 43.0 Å². The molecule has 3 N–H and O–H groups in total. The van der Waals surface area contributed by atoms with Gasteiger partial charge in [0.05, 0.1) is 22.6 Å². The number of aromatic nitrogens is 1. The number of halogens is 1. The number of rotatable bonds is 6. The van der Waals surface area contributed by atoms with Crippen LogP contribution in [-0.4, -0.2) is 67.8 Å². The molecule has 37 heavy (non-hydrogen) atoms. The molecule has 3 aromatic rings. The second-order valence-corrected chi connectivity index (χ2v) is 11.5. The van der Waals surface area contributed by atoms with E-state index in [0.717, 1.165) is 0 Å². The Balaban J connectivity index is 1.35. The van der Waals surface area contributed by atoms with Crippen LogP contribution in [-0.2, 0) is 14.6 Å². The summed E-state index contributed by atoms with van der Waals surface area (Å²) >= 11 is 0. The highest BCUT2D eigenvalue weighted by Crippen LogP contribution is 2.41. The normalized spacial score (nSPS) is 18.0. The van der Waals surface area contributed by atoms with Crippen LogP contribution in [0.15, 0.2) is 48.7 Å². The molecule has 0 atom stereocenters. The fourth-order valence-electron chi connectivity index (χ4n) is 4.73. The number of hydrogen-bond acceptors (Lipinski definition) is 5. The van der Waals surface area contributed by atoms with Crippen molar-refractivity contribution in [3.05, 3.63) is 76.9 Å². The Labute approximate surface area is 214 Å². The number of carbonyl (C=O) groups is 2. The SMILES string of the molecule is Cc1c(C(=O)NCCN2CCS(=O)(=O)CC2)c[nH]c1C=C1C(=O)Nc2cccc(-c3ccccc3F)c21. The first-order chi connectivity index (χ1) is 17.7. The quantitative estimate of drug-likeness (QED) is 0.431. The van der Waals surface area contributed by atoms with Crippen LogP contribution in [0.4, 0.5) is 10.1 Å². The number of H-pyrrole nitrogens is 1. The zero-order valence-electron chi connectivity index (χ0n) is 20.3. The van der Waals surface area contributed by atoms with Gasteiger partial charge in [0.15, 0.2) is 9.84 Å². The lowest BCUT2D eigenvalue weighted by molar-refractivity contribution is -0.110. The summed E-state index contributed by atoms with van der Waals surface area (Å²) in [5.41, 5.74) is 4.33. The number of nitrogens with zero attached hydrogens (tertiary/aromatic N) is 1. The molecular weight excluding hydrogens is 495 g/mol. The van der Waals surface area contributed by atoms with Gasteiger partial charge in [0.1, 0.15) is 5.82 Å². The topological polar surface area (TPSA) is 111 Å². The van der Waals surface area contributed by atoms with Crippen LogP contribution in [0, 0.1) is 12.7 Å². The van der Waals surface area contributed by atoms with E-state index in [4.69, 9.17) is 0 Å². The van der Waals surface area contributed by atoms with Gasteiger partial charge in [-0.3, -0.25) is 14.5 Å². The molecule has 2 aliphatic heterocycles. The van der Waals surface area contributed by atoms with Crippen molar-refractivity contribution in [1.29, 1.82) is 0 Å². The van der Waals surface area contributed by atoms with E-state index in [1.807, 2.05) is 4.90 Å². The largest absolute Gasteiger partial charge is 0.361 e. The van der Waals surface area contributed by atoms with Crippen molar-refractivity contribution in [2.24, 2.45) is 0 Å². The smallest absolute Gasteiger partial charge is 0.256 e. The first-order valence-electron chi connectivity index (χ1n) is 12.0. The van der Waals surface area contributed by atoms with Crippen LogP contribution in [0.3, 0.4) is 0 Å². The van der Waals surface area contributed by atoms with Crippen molar-refractivity contribution >= 4 is 39.0 Å². The van der Waals surface area contributed by atoms with E-state index in [9.17, 15) is 22.4 Å². The Morgan fingerprint density at radius 1 is 1.11 bits per heavy atom. The van der Waals surface area contributed by atoms with Crippen molar-refractivity contribution in [3.63, 3.8) is 0 Å². The van der Waals surface area contributed by atoms with Crippen molar-refractivity contribution in [1.82, 2.24) is 15.2 Å². The third-order valence-electron chi connectivity index (χ3n) is 6.85. The maximum absolute atomic E-state index is 14.6. The summed E-state index contributed by atoms with van der Waals surface area (Å²) in [5, 5.41) is 5.73. The van der Waals surface area contributed by atoms with Gasteiger partial charge in [0.25, 0.3) is 11.8 Å². The van der Waals surface area contributed by atoms with Crippen LogP contribution in [0.5, 0.6) is 0 Å². The summed E-state index contributed by atoms with van der Waals surface area (Å²) in [6.07, 6.45) is 3.28. The molecule has 0 bridgehead atoms. The molecule has 0 unspecified atom stereocenters. The van der Waals surface area contributed by atoms with Gasteiger partial charge in [-0.2, -0.15) is 0 Å². The molecular formula is C27H27FN4O4S. The third kappa shape index (κ3) is 5.07. The molecule has 192 valence electrons. The molecule has 0 aliphatic carbocycles. The lowest BCUT2D eigenvalue weighted by atomic mass is 9.94. The molecule has 0 saturated carbocycles. The summed E-state index contributed by atoms with van der Waals surface area (Å²) in [6.45, 7) is 3.69. The van der Waals surface area contributed by atoms with E-state index in [1.165, 1.54) is 6.07 Å². The minimum atomic E-state index is -2.94. The minimum absolute atomic E-state index is 0.144. The van der Waals surface area contributed by atoms with Gasteiger partial charge in [-0.05, 0) is 36.3 Å². The summed E-state index contributed by atoms with van der Waals surface area (Å²) < 4.78 is 37.8. The Morgan fingerprint density at radius 2 is 1.84 bits per heavy atom. The van der Waals surface area contributed by atoms with E-state index < -0.39 is 9.84 Å². The lowest BCUT2D eigenvalue weighted by Crippen LogP contribution is -2.43. The van der Waals surface area contributed by atoms with E-state index in [0.29, 0.717) is 71.0 Å². The second kappa shape index (κ2) is 9.95. The molecule has 1 aromatic heterocycles. The fourth-order valence-corrected chi connectivity index (χ4v) is 6.01. The van der Waals surface area contributed by atoms with Gasteiger partial charge >= 0.3 is 0 Å². The molecule has 2 amide bonds. The number of anilines is 1. The summed E-state index contributed by atoms with van der Waals surface area (Å²) in [7, 11) is -2.94. The molecule has 0 spiro atoms. The third-order valence-corrected chi connectivity index (χ3v) is 8.46. The lowest BCUT2D eigenvalue weighted by Gasteiger charge is -2.26. The molecule has 2 aromatic carbocycles. The van der Waals surface area contributed by atoms with Gasteiger partial charge in [-0.25, -0.2) is 12.8 Å². The maximum Gasteiger partial charge on any atom is 0.256 e. The highest BCUT2D eigenvalue weighted by atomic mass is 32.2. The van der Waals surface area contributed by atoms with Crippen LogP contribution in [0.2, 0.25) is 0 Å². The van der Waals surface area contributed by atoms with Crippen LogP contribution in [0.25, 0.3) is 22.8 Å². The Kier molecular flexibility index (Phi) is 6.70. The molecule has 1 fully saturated rings. The second-order valence-electron chi connectivity index (χ2n) is 9.21. The van der Waals surface area contributed by atoms with E-state index in [2.05, 4.69) is 15.6 Å². The number of benzene rings is 2. The summed E-state index contributed by atoms with van der Waals surface area (Å²) in [4.78, 5) is 30.8. The summed E-state index contributed by atoms with van der Waals surface area (Å²) in [6, 6.07) is 11.8. The van der Waals surface area contributed by atoms with Crippen molar-refractivity contribution in [2.45, 2.75) is 6.92 Å². The zero-order valence-corrected chi connectivity index (χ0v) is 21.1. The maximum atomic E-state index is 14.6. The Morgan fingerprint density at radius 3 is 2.59 bits per heavy atom. The van der Waals surface area contributed by atoms with Crippen LogP contribution >= 0.6 is 0 Å². The minimum Gasteiger partial charge on any atom is -0.361 e. The van der Waals surface area contributed by atoms with Gasteiger partial charge in [0, 0.05) is 54.9 Å². The highest BCUT2D eigenvalue weighted by molar-refractivity contribution is 7.91. The predicted octanol–water partition coefficient (Wildman–Crippen LogP) is 3.08. The average molecular weight is 523 g/mol. The predicted molar refractivity (Wildman–Crippen MR) is 141 cm³/mol. The monoisotopic (exact) mass is 522 g/mol. The first kappa shape index (κ1) is 24.9. The van der Waals surface area contributed by atoms with Crippen molar-refractivity contribution in [3.8, 4) is 11.1 Å². The standard InChI is InChI=1S/C27H27FN4O4S/c1-17-21(26(33)29-9-10-32-11-13-37(35,36)14-12-32)16-30-24(17)15-20-25-19(18-5-2-3-7-22(18)28)6-4-8-23(25)31-27(20)34/h2-8,15-16,30H,9-14H2,1H3,(H,29,33)(H,31,34). The first-order valence-corrected chi connectivity index (χ1v) is 13.9. The number of carbonyl (C=O) groups excluding carboxylic acids is 2. The number of amides is 2. The van der Waals surface area contributed by atoms with Crippen molar-refractivity contribution < 1.29 is 22.4 Å². The molecule has 10 heteroatoms. The average Bonchev–Trinajstić information content (AvgIpc) is 3.39. The number of aromatic amines is 1. The molecule has 3 heterocycles. The van der Waals surface area contributed by atoms with Gasteiger partial charge in [-0.1, -0.05) is 30.3 Å². The number of nitrogens with one attached hydrogen (secondary N) is 3. The van der Waals surface area contributed by atoms with E-state index >= 15 is 0 Å². The van der Waals surface area contributed by atoms with Gasteiger partial charge in [-0.15, -0.1) is 0 Å². The Hall–Kier alpha value is -3.76. The fraction of sp³-hybridized carbons (Fsp3) is 0.259.